The van der Waals surface area contributed by atoms with Crippen LogP contribution in [0.5, 0.6) is 0 Å². The summed E-state index contributed by atoms with van der Waals surface area (Å²) in [7, 11) is 0. The fraction of sp³-hybridized carbons (Fsp3) is 0.222. The molecule has 3 aromatic rings. The first-order valence-corrected chi connectivity index (χ1v) is 9.71. The number of nitrogens with one attached hydrogen (secondary N) is 2. The molecule has 2 N–H and O–H groups in total. The summed E-state index contributed by atoms with van der Waals surface area (Å²) < 4.78 is 11.8. The van der Waals surface area contributed by atoms with Gasteiger partial charge in [-0.25, -0.2) is 4.98 Å². The van der Waals surface area contributed by atoms with Crippen molar-refractivity contribution in [3.8, 4) is 0 Å². The number of amides is 1. The smallest absolute Gasteiger partial charge is 0.320 e. The number of morpholine rings is 1. The van der Waals surface area contributed by atoms with Gasteiger partial charge in [-0.05, 0) is 52.9 Å². The highest BCUT2D eigenvalue weighted by Gasteiger charge is 2.16. The van der Waals surface area contributed by atoms with Crippen LogP contribution in [0.3, 0.4) is 0 Å². The first-order chi connectivity index (χ1) is 13.7. The van der Waals surface area contributed by atoms with E-state index in [-0.39, 0.29) is 11.9 Å². The van der Waals surface area contributed by atoms with E-state index < -0.39 is 5.91 Å². The number of halogens is 1. The van der Waals surface area contributed by atoms with E-state index in [0.29, 0.717) is 18.9 Å². The predicted molar refractivity (Wildman–Crippen MR) is 112 cm³/mol. The molecule has 0 radical (unpaired) electrons. The topological polar surface area (TPSA) is 105 Å². The molecule has 3 heterocycles. The van der Waals surface area contributed by atoms with Gasteiger partial charge in [-0.3, -0.25) is 4.79 Å². The van der Waals surface area contributed by atoms with Gasteiger partial charge in [-0.2, -0.15) is 0 Å². The van der Waals surface area contributed by atoms with Crippen LogP contribution in [0.15, 0.2) is 47.0 Å². The number of hydrogen-bond donors (Lipinski definition) is 2. The van der Waals surface area contributed by atoms with Gasteiger partial charge in [0.25, 0.3) is 0 Å². The largest absolute Gasteiger partial charge is 0.399 e. The average molecular weight is 492 g/mol. The third kappa shape index (κ3) is 4.57. The minimum absolute atomic E-state index is 0.134. The highest BCUT2D eigenvalue weighted by Crippen LogP contribution is 2.19. The Bertz CT molecular complexity index is 956. The maximum Gasteiger partial charge on any atom is 0.320 e. The minimum Gasteiger partial charge on any atom is -0.399 e. The molecule has 0 aliphatic carbocycles. The molecule has 10 heteroatoms. The lowest BCUT2D eigenvalue weighted by Gasteiger charge is -2.27. The predicted octanol–water partition coefficient (Wildman–Crippen LogP) is 2.90. The normalized spacial score (nSPS) is 14.0. The van der Waals surface area contributed by atoms with E-state index in [9.17, 15) is 4.79 Å². The summed E-state index contributed by atoms with van der Waals surface area (Å²) in [5.74, 6) is 0.220. The van der Waals surface area contributed by atoms with Gasteiger partial charge in [0.2, 0.25) is 0 Å². The Morgan fingerprint density at radius 1 is 1.11 bits per heavy atom. The Balaban J connectivity index is 1.37. The van der Waals surface area contributed by atoms with Crippen molar-refractivity contribution in [2.24, 2.45) is 0 Å². The number of carbonyl (C=O) groups excluding carboxylic acids is 1. The van der Waals surface area contributed by atoms with Gasteiger partial charge in [0.1, 0.15) is 5.82 Å². The average Bonchev–Trinajstić information content (AvgIpc) is 3.18. The number of benzene rings is 1. The van der Waals surface area contributed by atoms with E-state index in [2.05, 4.69) is 53.3 Å². The summed E-state index contributed by atoms with van der Waals surface area (Å²) in [6.45, 7) is 2.99. The first kappa shape index (κ1) is 18.6. The van der Waals surface area contributed by atoms with Crippen LogP contribution in [0.25, 0.3) is 0 Å². The van der Waals surface area contributed by atoms with Crippen molar-refractivity contribution in [3.05, 3.63) is 52.1 Å². The van der Waals surface area contributed by atoms with Gasteiger partial charge >= 0.3 is 17.8 Å². The first-order valence-electron chi connectivity index (χ1n) is 8.63. The Labute approximate surface area is 174 Å². The third-order valence-electron chi connectivity index (χ3n) is 4.04. The lowest BCUT2D eigenvalue weighted by Crippen LogP contribution is -2.36. The zero-order chi connectivity index (χ0) is 19.3. The summed E-state index contributed by atoms with van der Waals surface area (Å²) in [5.41, 5.74) is 1.35. The number of carbonyl (C=O) groups is 1. The molecule has 1 saturated heterocycles. The monoisotopic (exact) mass is 492 g/mol. The molecule has 0 atom stereocenters. The van der Waals surface area contributed by atoms with Crippen LogP contribution >= 0.6 is 22.6 Å². The summed E-state index contributed by atoms with van der Waals surface area (Å²) in [4.78, 5) is 18.9. The van der Waals surface area contributed by atoms with Gasteiger partial charge in [0, 0.05) is 22.3 Å². The number of ether oxygens (including phenoxy) is 1. The highest BCUT2D eigenvalue weighted by molar-refractivity contribution is 14.1. The number of rotatable bonds is 5. The van der Waals surface area contributed by atoms with Crippen molar-refractivity contribution in [3.63, 3.8) is 0 Å². The van der Waals surface area contributed by atoms with E-state index in [0.717, 1.165) is 28.2 Å². The lowest BCUT2D eigenvalue weighted by atomic mass is 10.3. The molecule has 1 fully saturated rings. The molecule has 9 nitrogen and oxygen atoms in total. The fourth-order valence-electron chi connectivity index (χ4n) is 2.68. The number of anilines is 4. The molecule has 1 aliphatic rings. The zero-order valence-corrected chi connectivity index (χ0v) is 16.9. The Hall–Kier alpha value is -2.73. The fourth-order valence-corrected chi connectivity index (χ4v) is 3.22. The molecule has 0 saturated carbocycles. The molecule has 28 heavy (non-hydrogen) atoms. The summed E-state index contributed by atoms with van der Waals surface area (Å²) in [5, 5.41) is 13.3. The molecular formula is C18H17IN6O3. The summed E-state index contributed by atoms with van der Waals surface area (Å²) in [6, 6.07) is 11.5. The van der Waals surface area contributed by atoms with E-state index in [4.69, 9.17) is 9.15 Å². The molecule has 0 unspecified atom stereocenters. The maximum atomic E-state index is 12.3. The standard InChI is InChI=1S/C18H17IN6O3/c19-12-2-1-3-13(10-12)22-18-24-23-17(28-18)16(26)21-14-4-5-15(20-11-14)25-6-8-27-9-7-25/h1-5,10-11H,6-9H2,(H,21,26)(H,22,24). The second-order valence-corrected chi connectivity index (χ2v) is 7.25. The van der Waals surface area contributed by atoms with Crippen molar-refractivity contribution in [2.75, 3.05) is 41.8 Å². The van der Waals surface area contributed by atoms with Crippen LogP contribution in [0.4, 0.5) is 23.2 Å². The van der Waals surface area contributed by atoms with Gasteiger partial charge in [0.15, 0.2) is 0 Å². The lowest BCUT2D eigenvalue weighted by molar-refractivity contribution is 0.0991. The molecule has 4 rings (SSSR count). The van der Waals surface area contributed by atoms with Crippen molar-refractivity contribution < 1.29 is 13.9 Å². The number of hydrogen-bond acceptors (Lipinski definition) is 8. The Morgan fingerprint density at radius 2 is 1.96 bits per heavy atom. The molecular weight excluding hydrogens is 475 g/mol. The van der Waals surface area contributed by atoms with Crippen molar-refractivity contribution in [1.82, 2.24) is 15.2 Å². The van der Waals surface area contributed by atoms with Crippen LogP contribution in [0.1, 0.15) is 10.7 Å². The van der Waals surface area contributed by atoms with Crippen molar-refractivity contribution in [2.45, 2.75) is 0 Å². The van der Waals surface area contributed by atoms with Crippen LogP contribution < -0.4 is 15.5 Å². The zero-order valence-electron chi connectivity index (χ0n) is 14.8. The maximum absolute atomic E-state index is 12.3. The second kappa shape index (κ2) is 8.52. The Kier molecular flexibility index (Phi) is 5.67. The Morgan fingerprint density at radius 3 is 2.71 bits per heavy atom. The summed E-state index contributed by atoms with van der Waals surface area (Å²) >= 11 is 2.21. The van der Waals surface area contributed by atoms with Crippen LogP contribution in [-0.2, 0) is 4.74 Å². The molecule has 1 amide bonds. The van der Waals surface area contributed by atoms with Crippen molar-refractivity contribution in [1.29, 1.82) is 0 Å². The number of nitrogens with zero attached hydrogens (tertiary/aromatic N) is 4. The van der Waals surface area contributed by atoms with Gasteiger partial charge in [-0.15, -0.1) is 5.10 Å². The quantitative estimate of drug-likeness (QED) is 0.524. The van der Waals surface area contributed by atoms with E-state index in [1.807, 2.05) is 30.3 Å². The van der Waals surface area contributed by atoms with Gasteiger partial charge in [0.05, 0.1) is 25.1 Å². The number of pyridine rings is 1. The molecule has 1 aromatic carbocycles. The van der Waals surface area contributed by atoms with Gasteiger partial charge < -0.3 is 24.7 Å². The van der Waals surface area contributed by atoms with Crippen LogP contribution in [0.2, 0.25) is 0 Å². The van der Waals surface area contributed by atoms with Crippen LogP contribution in [0, 0.1) is 3.57 Å². The molecule has 0 bridgehead atoms. The van der Waals surface area contributed by atoms with Crippen molar-refractivity contribution >= 4 is 51.7 Å². The third-order valence-corrected chi connectivity index (χ3v) is 4.71. The number of aromatic nitrogens is 3. The van der Waals surface area contributed by atoms with E-state index in [1.54, 1.807) is 12.3 Å². The van der Waals surface area contributed by atoms with Gasteiger partial charge in [-0.1, -0.05) is 11.2 Å². The molecule has 2 aromatic heterocycles. The molecule has 144 valence electrons. The van der Waals surface area contributed by atoms with Crippen LogP contribution in [-0.4, -0.2) is 47.4 Å². The van der Waals surface area contributed by atoms with E-state index in [1.165, 1.54) is 0 Å². The van der Waals surface area contributed by atoms with E-state index >= 15 is 0 Å². The minimum atomic E-state index is -0.496. The second-order valence-electron chi connectivity index (χ2n) is 6.01. The summed E-state index contributed by atoms with van der Waals surface area (Å²) in [6.07, 6.45) is 1.60. The SMILES string of the molecule is O=C(Nc1ccc(N2CCOCC2)nc1)c1nnc(Nc2cccc(I)c2)o1. The molecule has 1 aliphatic heterocycles. The molecule has 0 spiro atoms. The highest BCUT2D eigenvalue weighted by atomic mass is 127.